The van der Waals surface area contributed by atoms with Crippen molar-refractivity contribution < 1.29 is 8.42 Å². The van der Waals surface area contributed by atoms with Crippen molar-refractivity contribution in [2.45, 2.75) is 50.1 Å². The molecule has 0 bridgehead atoms. The molecule has 5 nitrogen and oxygen atoms in total. The summed E-state index contributed by atoms with van der Waals surface area (Å²) < 4.78 is 31.2. The Labute approximate surface area is 192 Å². The number of nitrogens with zero attached hydrogens (tertiary/aromatic N) is 2. The SMILES string of the molecule is Cn1cccc1C(CNS(=O)(=O)c1ccc(C(C)(C)C)cc1)N1CCc2ccccc2C1. The number of aryl methyl sites for hydroxylation is 1. The molecule has 0 amide bonds. The number of sulfonamides is 1. The third-order valence-electron chi connectivity index (χ3n) is 6.42. The highest BCUT2D eigenvalue weighted by molar-refractivity contribution is 7.89. The van der Waals surface area contributed by atoms with Crippen molar-refractivity contribution >= 4 is 10.0 Å². The van der Waals surface area contributed by atoms with Gasteiger partial charge in [-0.1, -0.05) is 57.2 Å². The number of aromatic nitrogens is 1. The van der Waals surface area contributed by atoms with Gasteiger partial charge in [0.25, 0.3) is 0 Å². The van der Waals surface area contributed by atoms with Gasteiger partial charge in [0.2, 0.25) is 10.0 Å². The number of nitrogens with one attached hydrogen (secondary N) is 1. The molecule has 1 aromatic heterocycles. The Hall–Kier alpha value is -2.41. The summed E-state index contributed by atoms with van der Waals surface area (Å²) in [4.78, 5) is 2.68. The maximum absolute atomic E-state index is 13.1. The van der Waals surface area contributed by atoms with Crippen LogP contribution in [-0.2, 0) is 35.5 Å². The van der Waals surface area contributed by atoms with Crippen LogP contribution in [0.3, 0.4) is 0 Å². The summed E-state index contributed by atoms with van der Waals surface area (Å²) in [7, 11) is -1.59. The molecule has 170 valence electrons. The summed E-state index contributed by atoms with van der Waals surface area (Å²) in [5.41, 5.74) is 4.91. The average Bonchev–Trinajstić information content (AvgIpc) is 3.19. The van der Waals surface area contributed by atoms with E-state index in [1.165, 1.54) is 11.1 Å². The number of fused-ring (bicyclic) bond motifs is 1. The predicted molar refractivity (Wildman–Crippen MR) is 129 cm³/mol. The smallest absolute Gasteiger partial charge is 0.240 e. The van der Waals surface area contributed by atoms with E-state index in [0.717, 1.165) is 30.8 Å². The summed E-state index contributed by atoms with van der Waals surface area (Å²) in [6.07, 6.45) is 2.98. The van der Waals surface area contributed by atoms with Gasteiger partial charge in [-0.15, -0.1) is 0 Å². The quantitative estimate of drug-likeness (QED) is 0.604. The van der Waals surface area contributed by atoms with Crippen molar-refractivity contribution in [2.24, 2.45) is 7.05 Å². The van der Waals surface area contributed by atoms with Gasteiger partial charge in [-0.3, -0.25) is 4.90 Å². The van der Waals surface area contributed by atoms with Crippen LogP contribution in [-0.4, -0.2) is 31.0 Å². The molecule has 0 saturated heterocycles. The minimum Gasteiger partial charge on any atom is -0.353 e. The molecule has 0 radical (unpaired) electrons. The number of hydrogen-bond donors (Lipinski definition) is 1. The highest BCUT2D eigenvalue weighted by Gasteiger charge is 2.28. The molecule has 2 heterocycles. The van der Waals surface area contributed by atoms with Gasteiger partial charge in [-0.2, -0.15) is 0 Å². The van der Waals surface area contributed by atoms with Crippen molar-refractivity contribution in [3.63, 3.8) is 0 Å². The van der Waals surface area contributed by atoms with Gasteiger partial charge < -0.3 is 4.57 Å². The molecule has 0 aliphatic carbocycles. The van der Waals surface area contributed by atoms with E-state index in [0.29, 0.717) is 11.4 Å². The largest absolute Gasteiger partial charge is 0.353 e. The van der Waals surface area contributed by atoms with Gasteiger partial charge in [0.05, 0.1) is 10.9 Å². The second-order valence-electron chi connectivity index (χ2n) is 9.68. The molecule has 1 unspecified atom stereocenters. The fourth-order valence-corrected chi connectivity index (χ4v) is 5.47. The first-order valence-electron chi connectivity index (χ1n) is 11.2. The van der Waals surface area contributed by atoms with Gasteiger partial charge >= 0.3 is 0 Å². The van der Waals surface area contributed by atoms with Crippen molar-refractivity contribution in [1.29, 1.82) is 0 Å². The van der Waals surface area contributed by atoms with Crippen LogP contribution in [0.1, 0.15) is 49.2 Å². The molecular weight excluding hydrogens is 418 g/mol. The average molecular weight is 452 g/mol. The first kappa shape index (κ1) is 22.8. The van der Waals surface area contributed by atoms with E-state index in [1.54, 1.807) is 12.1 Å². The van der Waals surface area contributed by atoms with Crippen LogP contribution in [0.5, 0.6) is 0 Å². The van der Waals surface area contributed by atoms with E-state index in [1.807, 2.05) is 31.4 Å². The van der Waals surface area contributed by atoms with Crippen LogP contribution in [0, 0.1) is 0 Å². The summed E-state index contributed by atoms with van der Waals surface area (Å²) >= 11 is 0. The molecule has 0 saturated carbocycles. The van der Waals surface area contributed by atoms with E-state index in [-0.39, 0.29) is 11.5 Å². The second-order valence-corrected chi connectivity index (χ2v) is 11.4. The van der Waals surface area contributed by atoms with Crippen LogP contribution >= 0.6 is 0 Å². The molecule has 1 N–H and O–H groups in total. The lowest BCUT2D eigenvalue weighted by Gasteiger charge is -2.36. The minimum absolute atomic E-state index is 0.0160. The molecule has 32 heavy (non-hydrogen) atoms. The van der Waals surface area contributed by atoms with Crippen molar-refractivity contribution in [1.82, 2.24) is 14.2 Å². The van der Waals surface area contributed by atoms with E-state index < -0.39 is 10.0 Å². The Morgan fingerprint density at radius 1 is 0.969 bits per heavy atom. The fourth-order valence-electron chi connectivity index (χ4n) is 4.43. The van der Waals surface area contributed by atoms with E-state index in [9.17, 15) is 8.42 Å². The first-order chi connectivity index (χ1) is 15.1. The summed E-state index contributed by atoms with van der Waals surface area (Å²) in [5.74, 6) is 0. The third-order valence-corrected chi connectivity index (χ3v) is 7.86. The molecule has 0 fully saturated rings. The second kappa shape index (κ2) is 8.85. The van der Waals surface area contributed by atoms with Crippen LogP contribution in [0.4, 0.5) is 0 Å². The number of benzene rings is 2. The zero-order chi connectivity index (χ0) is 22.9. The maximum Gasteiger partial charge on any atom is 0.240 e. The van der Waals surface area contributed by atoms with Crippen LogP contribution in [0.15, 0.2) is 71.8 Å². The predicted octanol–water partition coefficient (Wildman–Crippen LogP) is 4.40. The highest BCUT2D eigenvalue weighted by atomic mass is 32.2. The molecule has 1 atom stereocenters. The molecule has 6 heteroatoms. The molecule has 1 aliphatic heterocycles. The number of rotatable bonds is 6. The molecule has 1 aliphatic rings. The lowest BCUT2D eigenvalue weighted by Crippen LogP contribution is -2.41. The van der Waals surface area contributed by atoms with Gasteiger partial charge in [0.1, 0.15) is 0 Å². The van der Waals surface area contributed by atoms with Gasteiger partial charge in [0.15, 0.2) is 0 Å². The Kier molecular flexibility index (Phi) is 6.30. The molecule has 0 spiro atoms. The lowest BCUT2D eigenvalue weighted by molar-refractivity contribution is 0.174. The monoisotopic (exact) mass is 451 g/mol. The normalized spacial score (nSPS) is 16.0. The topological polar surface area (TPSA) is 54.3 Å². The maximum atomic E-state index is 13.1. The highest BCUT2D eigenvalue weighted by Crippen LogP contribution is 2.28. The van der Waals surface area contributed by atoms with Crippen LogP contribution in [0.25, 0.3) is 0 Å². The molecule has 4 rings (SSSR count). The van der Waals surface area contributed by atoms with Crippen LogP contribution in [0.2, 0.25) is 0 Å². The first-order valence-corrected chi connectivity index (χ1v) is 12.7. The summed E-state index contributed by atoms with van der Waals surface area (Å²) in [6, 6.07) is 19.8. The Morgan fingerprint density at radius 2 is 1.66 bits per heavy atom. The third kappa shape index (κ3) is 4.82. The molecular formula is C26H33N3O2S. The molecule has 3 aromatic rings. The van der Waals surface area contributed by atoms with Gasteiger partial charge in [0, 0.05) is 38.6 Å². The van der Waals surface area contributed by atoms with Gasteiger partial charge in [-0.05, 0) is 52.8 Å². The van der Waals surface area contributed by atoms with E-state index in [4.69, 9.17) is 0 Å². The van der Waals surface area contributed by atoms with E-state index in [2.05, 4.69) is 65.3 Å². The number of hydrogen-bond acceptors (Lipinski definition) is 3. The van der Waals surface area contributed by atoms with E-state index >= 15 is 0 Å². The van der Waals surface area contributed by atoms with Crippen molar-refractivity contribution in [2.75, 3.05) is 13.1 Å². The summed E-state index contributed by atoms with van der Waals surface area (Å²) in [5, 5.41) is 0. The lowest BCUT2D eigenvalue weighted by atomic mass is 9.87. The Balaban J connectivity index is 1.55. The minimum atomic E-state index is -3.61. The Morgan fingerprint density at radius 3 is 2.28 bits per heavy atom. The fraction of sp³-hybridized carbons (Fsp3) is 0.385. The van der Waals surface area contributed by atoms with Crippen molar-refractivity contribution in [3.8, 4) is 0 Å². The zero-order valence-electron chi connectivity index (χ0n) is 19.4. The molecule has 2 aromatic carbocycles. The Bertz CT molecular complexity index is 1170. The van der Waals surface area contributed by atoms with Gasteiger partial charge in [-0.25, -0.2) is 13.1 Å². The summed E-state index contributed by atoms with van der Waals surface area (Å²) in [6.45, 7) is 8.40. The standard InChI is InChI=1S/C26H33N3O2S/c1-26(2,3)22-11-13-23(14-12-22)32(30,31)27-18-25(24-10-7-16-28(24)4)29-17-15-20-8-5-6-9-21(20)19-29/h5-14,16,25,27H,15,17-19H2,1-4H3. The van der Waals surface area contributed by atoms with Crippen LogP contribution < -0.4 is 4.72 Å². The van der Waals surface area contributed by atoms with Crippen molar-refractivity contribution in [3.05, 3.63) is 89.2 Å². The zero-order valence-corrected chi connectivity index (χ0v) is 20.2.